The Balaban J connectivity index is 0.915. The summed E-state index contributed by atoms with van der Waals surface area (Å²) in [7, 11) is 2.76. The Morgan fingerprint density at radius 3 is 2.28 bits per heavy atom. The van der Waals surface area contributed by atoms with Gasteiger partial charge in [0.15, 0.2) is 5.78 Å². The van der Waals surface area contributed by atoms with Crippen molar-refractivity contribution in [1.29, 1.82) is 0 Å². The number of hydrogen-bond acceptors (Lipinski definition) is 16. The summed E-state index contributed by atoms with van der Waals surface area (Å²) in [6.45, 7) is 2.58. The van der Waals surface area contributed by atoms with Crippen LogP contribution in [0.4, 0.5) is 9.18 Å². The number of alkyl carbamates (subject to hydrolysis) is 1. The first-order chi connectivity index (χ1) is 52.1. The lowest BCUT2D eigenvalue weighted by atomic mass is 9.88. The molecule has 7 aromatic rings. The first-order valence-corrected chi connectivity index (χ1v) is 36.8. The molecule has 6 aromatic carbocycles. The maximum Gasteiger partial charge on any atom is 0.407 e. The first kappa shape index (κ1) is 76.6. The number of allylic oxidation sites excluding steroid dienone is 1. The molecule has 2 saturated heterocycles. The second kappa shape index (κ2) is 34.7. The van der Waals surface area contributed by atoms with Crippen molar-refractivity contribution < 1.29 is 81.1 Å². The summed E-state index contributed by atoms with van der Waals surface area (Å²) in [5.74, 6) is -6.98. The molecule has 4 aliphatic heterocycles. The van der Waals surface area contributed by atoms with Crippen molar-refractivity contribution in [3.05, 3.63) is 202 Å². The molecule has 1 aliphatic carbocycles. The number of Topliss-reactive ketones (excluding diaryl/α,β-unsaturated/α-hetero) is 2. The molecule has 0 radical (unpaired) electrons. The van der Waals surface area contributed by atoms with E-state index >= 15 is 28.4 Å². The minimum absolute atomic E-state index is 0.00112. The van der Waals surface area contributed by atoms with Gasteiger partial charge >= 0.3 is 12.1 Å². The Bertz CT molecular complexity index is 4530. The number of carbonyl (C=O) groups is 10. The average Bonchev–Trinajstić information content (AvgIpc) is 1.44. The maximum absolute atomic E-state index is 16.2. The Kier molecular flexibility index (Phi) is 24.6. The van der Waals surface area contributed by atoms with Crippen LogP contribution < -0.4 is 36.1 Å². The Hall–Kier alpha value is -11.0. The van der Waals surface area contributed by atoms with Crippen LogP contribution in [0.1, 0.15) is 109 Å². The molecule has 0 saturated carbocycles. The van der Waals surface area contributed by atoms with Crippen molar-refractivity contribution in [2.75, 3.05) is 53.7 Å². The number of aliphatic hydroxyl groups is 1. The number of carbonyl (C=O) groups excluding carboxylic acids is 10. The van der Waals surface area contributed by atoms with Crippen molar-refractivity contribution in [2.24, 2.45) is 5.92 Å². The Morgan fingerprint density at radius 1 is 0.769 bits per heavy atom. The van der Waals surface area contributed by atoms with Crippen molar-refractivity contribution in [2.45, 2.75) is 152 Å². The number of ether oxygens (including phenoxy) is 5. The van der Waals surface area contributed by atoms with Crippen LogP contribution in [-0.4, -0.2) is 174 Å². The van der Waals surface area contributed by atoms with Gasteiger partial charge in [-0.15, -0.1) is 0 Å². The molecule has 6 N–H and O–H groups in total. The van der Waals surface area contributed by atoms with E-state index in [1.807, 2.05) is 77.4 Å². The van der Waals surface area contributed by atoms with Crippen molar-refractivity contribution in [3.63, 3.8) is 0 Å². The second-order valence-electron chi connectivity index (χ2n) is 28.5. The fourth-order valence-electron chi connectivity index (χ4n) is 15.4. The zero-order valence-corrected chi connectivity index (χ0v) is 61.0. The zero-order chi connectivity index (χ0) is 76.2. The van der Waals surface area contributed by atoms with Crippen LogP contribution in [0.3, 0.4) is 0 Å². The number of aliphatic hydroxyl groups excluding tert-OH is 1. The predicted molar refractivity (Wildman–Crippen MR) is 397 cm³/mol. The van der Waals surface area contributed by atoms with Crippen LogP contribution >= 0.6 is 0 Å². The molecule has 2 fully saturated rings. The smallest absolute Gasteiger partial charge is 0.407 e. The molecular formula is C83H91FN8O16. The number of rotatable bonds is 13. The SMILES string of the molecule is COC(=O)CCC(=O)CCc1ccc2cc1OCC=CCn1cc(c3cc(F)ccc31)C[C@@H]1CC(=O)[C@@H](NC(=O)OCC3c4ccccc4-c4ccccc43)Cc3cccc(c3)CNC(=O)COC3CCN(C1=O)[C@@H]3C(=O)N[C@@H]([C@H](C)O)C(=O)N[C@H](Cc1ccc(OC)cc1)C(=O)N1CCC[C@]1(C)C(=O)NCC2. The molecule has 1 unspecified atom stereocenters. The van der Waals surface area contributed by atoms with Gasteiger partial charge in [0, 0.05) is 87.3 Å². The molecule has 5 heterocycles. The summed E-state index contributed by atoms with van der Waals surface area (Å²) in [6.07, 6.45) is 1.86. The zero-order valence-electron chi connectivity index (χ0n) is 61.0. The highest BCUT2D eigenvalue weighted by Crippen LogP contribution is 2.45. The monoisotopic (exact) mass is 1470 g/mol. The van der Waals surface area contributed by atoms with E-state index in [0.717, 1.165) is 27.8 Å². The van der Waals surface area contributed by atoms with Crippen LogP contribution in [-0.2, 0) is 103 Å². The number of aromatic nitrogens is 1. The van der Waals surface area contributed by atoms with Gasteiger partial charge in [-0.1, -0.05) is 103 Å². The van der Waals surface area contributed by atoms with Gasteiger partial charge in [0.05, 0.1) is 38.9 Å². The van der Waals surface area contributed by atoms with Crippen LogP contribution in [0.25, 0.3) is 22.0 Å². The molecule has 12 rings (SSSR count). The van der Waals surface area contributed by atoms with Gasteiger partial charge in [-0.05, 0) is 157 Å². The predicted octanol–water partition coefficient (Wildman–Crippen LogP) is 7.41. The number of aryl methyl sites for hydroxylation is 1. The first-order valence-electron chi connectivity index (χ1n) is 36.8. The van der Waals surface area contributed by atoms with E-state index in [0.29, 0.717) is 63.1 Å². The van der Waals surface area contributed by atoms with E-state index in [2.05, 4.69) is 26.6 Å². The van der Waals surface area contributed by atoms with Gasteiger partial charge < -0.3 is 69.7 Å². The number of ketones is 2. The Labute approximate surface area is 625 Å². The lowest BCUT2D eigenvalue weighted by Gasteiger charge is -2.37. The summed E-state index contributed by atoms with van der Waals surface area (Å²) < 4.78 is 46.6. The highest BCUT2D eigenvalue weighted by atomic mass is 19.1. The number of hydrogen-bond donors (Lipinski definition) is 6. The number of methoxy groups -OCH3 is 2. The van der Waals surface area contributed by atoms with Crippen LogP contribution in [0.5, 0.6) is 11.5 Å². The molecule has 8 atom stereocenters. The van der Waals surface area contributed by atoms with E-state index in [-0.39, 0.29) is 115 Å². The van der Waals surface area contributed by atoms with Crippen LogP contribution in [0.2, 0.25) is 0 Å². The molecule has 7 amide bonds. The van der Waals surface area contributed by atoms with Gasteiger partial charge in [0.2, 0.25) is 35.4 Å². The summed E-state index contributed by atoms with van der Waals surface area (Å²) in [5.41, 5.74) is 6.81. The quantitative estimate of drug-likeness (QED) is 0.0484. The molecule has 1 aromatic heterocycles. The van der Waals surface area contributed by atoms with E-state index in [1.165, 1.54) is 43.1 Å². The normalized spacial score (nSPS) is 22.3. The maximum atomic E-state index is 16.2. The molecule has 24 nitrogen and oxygen atoms in total. The van der Waals surface area contributed by atoms with Crippen LogP contribution in [0.15, 0.2) is 152 Å². The van der Waals surface area contributed by atoms with Crippen molar-refractivity contribution in [3.8, 4) is 22.6 Å². The summed E-state index contributed by atoms with van der Waals surface area (Å²) in [6, 6.07) is 33.2. The highest BCUT2D eigenvalue weighted by Gasteiger charge is 2.50. The number of benzene rings is 6. The van der Waals surface area contributed by atoms with Crippen LogP contribution in [0, 0.1) is 11.7 Å². The fourth-order valence-corrected chi connectivity index (χ4v) is 15.4. The topological polar surface area (TPSA) is 309 Å². The second-order valence-corrected chi connectivity index (χ2v) is 28.5. The summed E-state index contributed by atoms with van der Waals surface area (Å²) in [4.78, 5) is 148. The number of halogens is 1. The molecule has 566 valence electrons. The number of fused-ring (bicyclic) bond motifs is 14. The minimum atomic E-state index is -1.82. The van der Waals surface area contributed by atoms with Crippen molar-refractivity contribution in [1.82, 2.24) is 41.0 Å². The molecule has 0 spiro atoms. The van der Waals surface area contributed by atoms with E-state index in [1.54, 1.807) is 73.8 Å². The minimum Gasteiger partial charge on any atom is -0.497 e. The van der Waals surface area contributed by atoms with Gasteiger partial charge in [-0.2, -0.15) is 0 Å². The van der Waals surface area contributed by atoms with E-state index < -0.39 is 120 Å². The summed E-state index contributed by atoms with van der Waals surface area (Å²) >= 11 is 0. The Morgan fingerprint density at radius 2 is 1.53 bits per heavy atom. The third-order valence-corrected chi connectivity index (χ3v) is 21.3. The number of nitrogens with one attached hydrogen (secondary N) is 5. The lowest BCUT2D eigenvalue weighted by molar-refractivity contribution is -0.148. The highest BCUT2D eigenvalue weighted by molar-refractivity contribution is 5.99. The summed E-state index contributed by atoms with van der Waals surface area (Å²) in [5, 5.41) is 26.3. The molecule has 5 aliphatic rings. The lowest BCUT2D eigenvalue weighted by Crippen LogP contribution is -2.63. The van der Waals surface area contributed by atoms with Crippen molar-refractivity contribution >= 4 is 70.0 Å². The third-order valence-electron chi connectivity index (χ3n) is 21.3. The van der Waals surface area contributed by atoms with E-state index in [9.17, 15) is 29.1 Å². The van der Waals surface area contributed by atoms with Gasteiger partial charge in [-0.3, -0.25) is 43.2 Å². The number of amides is 7. The van der Waals surface area contributed by atoms with Gasteiger partial charge in [0.25, 0.3) is 0 Å². The molecule has 25 heteroatoms. The van der Waals surface area contributed by atoms with Gasteiger partial charge in [0.1, 0.15) is 66.6 Å². The van der Waals surface area contributed by atoms with Gasteiger partial charge in [-0.25, -0.2) is 9.18 Å². The third kappa shape index (κ3) is 18.0. The molecule has 108 heavy (non-hydrogen) atoms. The number of esters is 1. The number of nitrogens with zero attached hydrogens (tertiary/aromatic N) is 3. The standard InChI is InChI=1S/C83H91FN8O16/c1-50(93)75-77(98)87-68(40-51-20-27-60(104-3)28-21-51)80(101)92-36-12-33-83(92,2)81(102)85-34-31-52-19-22-55(23-25-59(94)26-30-74(97)105-4)72(42-52)106-38-10-9-35-90-47-57(65-45-58(84)24-29-69(65)90)43-56-44-70(95)67(88-82(103)108-48-66-63-17-7-5-15-61(63)62-16-6-8-18-64(62)66)41-53-13-11-14-54(39-53)46-86-73(96)49-107-71-32-37-91(79(56)100)76(71)78(99)89-75/h5-11,13-22,24,27-29,39,42,45,47,50,56,66-68,71,75-76,93H,12,23,25-26,30-38,40-41,43-44,46,48-49H2,1-4H3,(H,85,102)(H,86,96)(H,87,98)(H,88,103)(H,89,99)/t50-,56+,67-,68+,71?,75-,76-,83+/m0/s1. The average molecular weight is 1480 g/mol. The molecule has 10 bridgehead atoms. The largest absolute Gasteiger partial charge is 0.497 e. The fraction of sp³-hybridized carbons (Fsp3) is 0.398. The molecular weight excluding hydrogens is 1380 g/mol. The van der Waals surface area contributed by atoms with E-state index in [4.69, 9.17) is 23.7 Å².